The Morgan fingerprint density at radius 2 is 1.95 bits per heavy atom. The average molecular weight is 281 g/mol. The first-order valence-electron chi connectivity index (χ1n) is 7.64. The van der Waals surface area contributed by atoms with Crippen LogP contribution in [0.25, 0.3) is 0 Å². The van der Waals surface area contributed by atoms with Crippen molar-refractivity contribution in [1.82, 2.24) is 0 Å². The van der Waals surface area contributed by atoms with E-state index in [1.165, 1.54) is 10.5 Å². The summed E-state index contributed by atoms with van der Waals surface area (Å²) in [5.74, 6) is 0.735. The van der Waals surface area contributed by atoms with Crippen LogP contribution in [0, 0.1) is 31.1 Å². The van der Waals surface area contributed by atoms with E-state index in [1.54, 1.807) is 0 Å². The molecule has 1 saturated carbocycles. The van der Waals surface area contributed by atoms with E-state index in [0.717, 1.165) is 24.1 Å². The minimum Gasteiger partial charge on any atom is -0.274 e. The molecule has 1 saturated heterocycles. The number of benzene rings is 1. The second-order valence-corrected chi connectivity index (χ2v) is 6.83. The molecule has 3 heteroatoms. The normalized spacial score (nSPS) is 33.7. The van der Waals surface area contributed by atoms with Gasteiger partial charge in [0.15, 0.2) is 0 Å². The fraction of sp³-hybridized carbons (Fsp3) is 0.444. The average Bonchev–Trinajstić information content (AvgIpc) is 3.09. The maximum absolute atomic E-state index is 13.0. The number of hydrogen-bond acceptors (Lipinski definition) is 2. The molecule has 0 radical (unpaired) electrons. The molecule has 1 aliphatic heterocycles. The Kier molecular flexibility index (Phi) is 2.48. The molecule has 3 atom stereocenters. The molecule has 4 rings (SSSR count). The van der Waals surface area contributed by atoms with E-state index in [2.05, 4.69) is 12.2 Å². The van der Waals surface area contributed by atoms with E-state index in [0.29, 0.717) is 12.3 Å². The van der Waals surface area contributed by atoms with Gasteiger partial charge in [-0.05, 0) is 61.8 Å². The predicted molar refractivity (Wildman–Crippen MR) is 80.8 cm³/mol. The molecule has 1 heterocycles. The van der Waals surface area contributed by atoms with Gasteiger partial charge in [-0.3, -0.25) is 14.5 Å². The Bertz CT molecular complexity index is 690. The lowest BCUT2D eigenvalue weighted by atomic mass is 9.74. The Balaban J connectivity index is 1.74. The number of nitrogens with zero attached hydrogens (tertiary/aromatic N) is 1. The highest BCUT2D eigenvalue weighted by molar-refractivity contribution is 6.23. The van der Waals surface area contributed by atoms with Gasteiger partial charge in [-0.25, -0.2) is 0 Å². The van der Waals surface area contributed by atoms with Gasteiger partial charge in [0.2, 0.25) is 11.8 Å². The zero-order valence-corrected chi connectivity index (χ0v) is 12.4. The highest BCUT2D eigenvalue weighted by Crippen LogP contribution is 2.57. The number of imide groups is 1. The first-order valence-corrected chi connectivity index (χ1v) is 7.64. The fourth-order valence-corrected chi connectivity index (χ4v) is 4.29. The van der Waals surface area contributed by atoms with Crippen LogP contribution >= 0.6 is 0 Å². The Morgan fingerprint density at radius 1 is 1.14 bits per heavy atom. The van der Waals surface area contributed by atoms with Crippen LogP contribution < -0.4 is 4.90 Å². The number of aryl methyl sites for hydroxylation is 2. The van der Waals surface area contributed by atoms with Crippen LogP contribution in [0.15, 0.2) is 30.4 Å². The maximum Gasteiger partial charge on any atom is 0.241 e. The molecule has 0 unspecified atom stereocenters. The van der Waals surface area contributed by atoms with Crippen LogP contribution in [0.3, 0.4) is 0 Å². The smallest absolute Gasteiger partial charge is 0.241 e. The van der Waals surface area contributed by atoms with Gasteiger partial charge >= 0.3 is 0 Å². The quantitative estimate of drug-likeness (QED) is 0.586. The van der Waals surface area contributed by atoms with Gasteiger partial charge in [0.05, 0.1) is 11.1 Å². The van der Waals surface area contributed by atoms with Crippen LogP contribution in [0.5, 0.6) is 0 Å². The molecule has 2 amide bonds. The van der Waals surface area contributed by atoms with Crippen molar-refractivity contribution in [1.29, 1.82) is 0 Å². The third kappa shape index (κ3) is 1.60. The Morgan fingerprint density at radius 3 is 2.57 bits per heavy atom. The molecule has 108 valence electrons. The van der Waals surface area contributed by atoms with Crippen molar-refractivity contribution in [2.45, 2.75) is 33.1 Å². The molecule has 1 spiro atoms. The number of fused-ring (bicyclic) bond motifs is 3. The third-order valence-electron chi connectivity index (χ3n) is 5.60. The number of hydrogen-bond donors (Lipinski definition) is 0. The topological polar surface area (TPSA) is 37.4 Å². The summed E-state index contributed by atoms with van der Waals surface area (Å²) in [5.41, 5.74) is 2.57. The highest BCUT2D eigenvalue weighted by Gasteiger charge is 2.60. The molecular weight excluding hydrogens is 262 g/mol. The third-order valence-corrected chi connectivity index (χ3v) is 5.60. The van der Waals surface area contributed by atoms with E-state index in [9.17, 15) is 9.59 Å². The largest absolute Gasteiger partial charge is 0.274 e. The van der Waals surface area contributed by atoms with Crippen molar-refractivity contribution in [3.8, 4) is 0 Å². The number of allylic oxidation sites excluding steroid dienone is 2. The van der Waals surface area contributed by atoms with Gasteiger partial charge in [0.25, 0.3) is 0 Å². The van der Waals surface area contributed by atoms with Gasteiger partial charge in [-0.2, -0.15) is 0 Å². The maximum atomic E-state index is 13.0. The van der Waals surface area contributed by atoms with Crippen LogP contribution in [-0.4, -0.2) is 11.8 Å². The minimum atomic E-state index is -0.449. The first-order chi connectivity index (χ1) is 10.0. The van der Waals surface area contributed by atoms with Crippen molar-refractivity contribution >= 4 is 17.5 Å². The van der Waals surface area contributed by atoms with Crippen molar-refractivity contribution in [2.24, 2.45) is 17.3 Å². The molecule has 21 heavy (non-hydrogen) atoms. The molecule has 0 N–H and O–H groups in total. The van der Waals surface area contributed by atoms with E-state index >= 15 is 0 Å². The first kappa shape index (κ1) is 12.8. The molecule has 2 aliphatic carbocycles. The van der Waals surface area contributed by atoms with Crippen molar-refractivity contribution in [2.75, 3.05) is 4.90 Å². The monoisotopic (exact) mass is 281 g/mol. The summed E-state index contributed by atoms with van der Waals surface area (Å²) in [6, 6.07) is 5.82. The molecule has 1 aromatic carbocycles. The highest BCUT2D eigenvalue weighted by atomic mass is 16.2. The lowest BCUT2D eigenvalue weighted by Gasteiger charge is -2.28. The summed E-state index contributed by atoms with van der Waals surface area (Å²) < 4.78 is 0. The van der Waals surface area contributed by atoms with E-state index in [4.69, 9.17) is 0 Å². The second kappa shape index (κ2) is 4.06. The summed E-state index contributed by atoms with van der Waals surface area (Å²) in [6.45, 7) is 4.05. The molecule has 1 aromatic rings. The Hall–Kier alpha value is -1.90. The SMILES string of the molecule is Cc1ccc(N2C(=O)C[C@]3(C[C@H]4C=C[C@H]3C4)C2=O)cc1C. The lowest BCUT2D eigenvalue weighted by Crippen LogP contribution is -2.38. The van der Waals surface area contributed by atoms with Crippen molar-refractivity contribution < 1.29 is 9.59 Å². The molecule has 0 aromatic heterocycles. The van der Waals surface area contributed by atoms with Gasteiger partial charge in [-0.1, -0.05) is 18.2 Å². The van der Waals surface area contributed by atoms with Crippen molar-refractivity contribution in [3.63, 3.8) is 0 Å². The summed E-state index contributed by atoms with van der Waals surface area (Å²) in [5, 5.41) is 0. The van der Waals surface area contributed by atoms with E-state index < -0.39 is 5.41 Å². The lowest BCUT2D eigenvalue weighted by molar-refractivity contribution is -0.126. The van der Waals surface area contributed by atoms with E-state index in [1.807, 2.05) is 32.0 Å². The second-order valence-electron chi connectivity index (χ2n) is 6.83. The van der Waals surface area contributed by atoms with Crippen LogP contribution in [0.4, 0.5) is 5.69 Å². The minimum absolute atomic E-state index is 0.0209. The van der Waals surface area contributed by atoms with Gasteiger partial charge < -0.3 is 0 Å². The van der Waals surface area contributed by atoms with Gasteiger partial charge in [-0.15, -0.1) is 0 Å². The standard InChI is InChI=1S/C18H19NO2/c1-11-3-6-15(7-12(11)2)19-16(20)10-18(17(19)21)9-13-4-5-14(18)8-13/h3-7,13-14H,8-10H2,1-2H3/t13-,14-,18-/m0/s1. The molecule has 3 nitrogen and oxygen atoms in total. The number of carbonyl (C=O) groups excluding carboxylic acids is 2. The summed E-state index contributed by atoms with van der Waals surface area (Å²) in [6.07, 6.45) is 6.64. The summed E-state index contributed by atoms with van der Waals surface area (Å²) in [7, 11) is 0. The fourth-order valence-electron chi connectivity index (χ4n) is 4.29. The molecule has 3 aliphatic rings. The van der Waals surface area contributed by atoms with Gasteiger partial charge in [0.1, 0.15) is 0 Å². The van der Waals surface area contributed by atoms with E-state index in [-0.39, 0.29) is 17.7 Å². The van der Waals surface area contributed by atoms with Crippen LogP contribution in [0.2, 0.25) is 0 Å². The number of amides is 2. The zero-order valence-electron chi connectivity index (χ0n) is 12.4. The van der Waals surface area contributed by atoms with Crippen LogP contribution in [0.1, 0.15) is 30.4 Å². The van der Waals surface area contributed by atoms with Crippen molar-refractivity contribution in [3.05, 3.63) is 41.5 Å². The molecule has 2 fully saturated rings. The summed E-state index contributed by atoms with van der Waals surface area (Å²) in [4.78, 5) is 26.9. The number of rotatable bonds is 1. The predicted octanol–water partition coefficient (Wildman–Crippen LogP) is 3.15. The molecular formula is C18H19NO2. The van der Waals surface area contributed by atoms with Crippen LogP contribution in [-0.2, 0) is 9.59 Å². The number of carbonyl (C=O) groups is 2. The molecule has 2 bridgehead atoms. The Labute approximate surface area is 124 Å². The zero-order chi connectivity index (χ0) is 14.8. The number of anilines is 1. The summed E-state index contributed by atoms with van der Waals surface area (Å²) >= 11 is 0. The van der Waals surface area contributed by atoms with Gasteiger partial charge in [0, 0.05) is 6.42 Å².